The molecule has 1 heterocycles. The Balaban J connectivity index is 1.76. The molecule has 140 valence electrons. The first kappa shape index (κ1) is 19.9. The maximum Gasteiger partial charge on any atom is 0.303 e. The number of anilines is 1. The molecular formula is C16H20N4O5S. The Morgan fingerprint density at radius 1 is 1.27 bits per heavy atom. The highest BCUT2D eigenvalue weighted by atomic mass is 32.2. The predicted molar refractivity (Wildman–Crippen MR) is 96.4 cm³/mol. The van der Waals surface area contributed by atoms with Crippen LogP contribution < -0.4 is 21.5 Å². The zero-order valence-electron chi connectivity index (χ0n) is 14.1. The number of benzene rings is 1. The maximum absolute atomic E-state index is 12.0. The second-order valence-electron chi connectivity index (χ2n) is 5.66. The van der Waals surface area contributed by atoms with Gasteiger partial charge in [0.15, 0.2) is 5.78 Å². The summed E-state index contributed by atoms with van der Waals surface area (Å²) >= 11 is 1.16. The SMILES string of the molecule is CC(=O)c1cccc(NC(=O)CSC2NNC(CCC(=O)O)C(=O)N2)c1. The number of carboxylic acid groups (broad SMARTS) is 1. The van der Waals surface area contributed by atoms with Gasteiger partial charge in [0.1, 0.15) is 11.5 Å². The average Bonchev–Trinajstić information content (AvgIpc) is 2.59. The molecule has 0 saturated carbocycles. The van der Waals surface area contributed by atoms with E-state index in [0.29, 0.717) is 11.3 Å². The largest absolute Gasteiger partial charge is 0.481 e. The molecule has 2 atom stereocenters. The molecule has 2 unspecified atom stereocenters. The smallest absolute Gasteiger partial charge is 0.303 e. The molecule has 1 saturated heterocycles. The molecule has 0 bridgehead atoms. The summed E-state index contributed by atoms with van der Waals surface area (Å²) in [5.41, 5.74) is 6.10. The van der Waals surface area contributed by atoms with E-state index in [4.69, 9.17) is 5.11 Å². The Labute approximate surface area is 154 Å². The summed E-state index contributed by atoms with van der Waals surface area (Å²) in [6.45, 7) is 1.45. The second-order valence-corrected chi connectivity index (χ2v) is 6.75. The number of hydrazine groups is 1. The molecule has 2 amide bonds. The number of ketones is 1. The lowest BCUT2D eigenvalue weighted by molar-refractivity contribution is -0.137. The molecule has 1 fully saturated rings. The zero-order chi connectivity index (χ0) is 19.1. The third kappa shape index (κ3) is 6.14. The Morgan fingerprint density at radius 3 is 2.69 bits per heavy atom. The van der Waals surface area contributed by atoms with Crippen molar-refractivity contribution in [3.8, 4) is 0 Å². The molecule has 10 heteroatoms. The molecule has 9 nitrogen and oxygen atoms in total. The normalized spacial score (nSPS) is 19.5. The number of amides is 2. The number of hydrogen-bond donors (Lipinski definition) is 5. The monoisotopic (exact) mass is 380 g/mol. The third-order valence-electron chi connectivity index (χ3n) is 3.56. The molecule has 5 N–H and O–H groups in total. The van der Waals surface area contributed by atoms with Crippen molar-refractivity contribution in [3.05, 3.63) is 29.8 Å². The van der Waals surface area contributed by atoms with Gasteiger partial charge in [0.2, 0.25) is 11.8 Å². The van der Waals surface area contributed by atoms with Crippen LogP contribution in [0.15, 0.2) is 24.3 Å². The maximum atomic E-state index is 12.0. The van der Waals surface area contributed by atoms with Crippen molar-refractivity contribution in [1.82, 2.24) is 16.2 Å². The number of carboxylic acids is 1. The number of nitrogens with one attached hydrogen (secondary N) is 4. The van der Waals surface area contributed by atoms with Crippen LogP contribution in [0.3, 0.4) is 0 Å². The summed E-state index contributed by atoms with van der Waals surface area (Å²) in [6.07, 6.45) is 0.0465. The Hall–Kier alpha value is -2.43. The van der Waals surface area contributed by atoms with Crippen LogP contribution >= 0.6 is 11.8 Å². The van der Waals surface area contributed by atoms with Crippen LogP contribution in [0.4, 0.5) is 5.69 Å². The molecule has 1 aliphatic rings. The van der Waals surface area contributed by atoms with Crippen molar-refractivity contribution < 1.29 is 24.3 Å². The van der Waals surface area contributed by atoms with Gasteiger partial charge >= 0.3 is 5.97 Å². The summed E-state index contributed by atoms with van der Waals surface area (Å²) in [6, 6.07) is 6.00. The molecule has 1 aliphatic heterocycles. The average molecular weight is 380 g/mol. The van der Waals surface area contributed by atoms with Crippen molar-refractivity contribution in [2.45, 2.75) is 31.3 Å². The van der Waals surface area contributed by atoms with E-state index < -0.39 is 17.5 Å². The summed E-state index contributed by atoms with van der Waals surface area (Å²) in [4.78, 5) is 45.8. The number of Topliss-reactive ketones (excluding diaryl/α,β-unsaturated/α-hetero) is 1. The van der Waals surface area contributed by atoms with Crippen molar-refractivity contribution in [2.24, 2.45) is 0 Å². The van der Waals surface area contributed by atoms with Crippen molar-refractivity contribution in [1.29, 1.82) is 0 Å². The predicted octanol–water partition coefficient (Wildman–Crippen LogP) is 0.302. The minimum atomic E-state index is -0.971. The van der Waals surface area contributed by atoms with Gasteiger partial charge < -0.3 is 15.7 Å². The fourth-order valence-electron chi connectivity index (χ4n) is 2.23. The van der Waals surface area contributed by atoms with E-state index in [0.717, 1.165) is 11.8 Å². The van der Waals surface area contributed by atoms with Crippen LogP contribution in [0, 0.1) is 0 Å². The lowest BCUT2D eigenvalue weighted by Crippen LogP contribution is -2.64. The molecule has 0 spiro atoms. The number of thioether (sulfide) groups is 1. The molecule has 1 aromatic rings. The summed E-state index contributed by atoms with van der Waals surface area (Å²) in [5, 5.41) is 14.0. The van der Waals surface area contributed by atoms with Gasteiger partial charge in [0, 0.05) is 17.7 Å². The minimum Gasteiger partial charge on any atom is -0.481 e. The van der Waals surface area contributed by atoms with Crippen LogP contribution in [-0.2, 0) is 14.4 Å². The first-order chi connectivity index (χ1) is 12.3. The van der Waals surface area contributed by atoms with Gasteiger partial charge in [-0.3, -0.25) is 19.2 Å². The number of hydrogen-bond acceptors (Lipinski definition) is 7. The fourth-order valence-corrected chi connectivity index (χ4v) is 2.98. The molecule has 26 heavy (non-hydrogen) atoms. The Bertz CT molecular complexity index is 712. The number of aliphatic carboxylic acids is 1. The number of rotatable bonds is 8. The van der Waals surface area contributed by atoms with E-state index in [1.807, 2.05) is 0 Å². The summed E-state index contributed by atoms with van der Waals surface area (Å²) < 4.78 is 0. The van der Waals surface area contributed by atoms with E-state index >= 15 is 0 Å². The molecule has 0 aliphatic carbocycles. The lowest BCUT2D eigenvalue weighted by Gasteiger charge is -2.30. The highest BCUT2D eigenvalue weighted by Crippen LogP contribution is 2.14. The fraction of sp³-hybridized carbons (Fsp3) is 0.375. The lowest BCUT2D eigenvalue weighted by atomic mass is 10.1. The summed E-state index contributed by atoms with van der Waals surface area (Å²) in [7, 11) is 0. The van der Waals surface area contributed by atoms with Gasteiger partial charge in [-0.05, 0) is 25.5 Å². The molecule has 1 aromatic carbocycles. The van der Waals surface area contributed by atoms with E-state index in [-0.39, 0.29) is 36.2 Å². The van der Waals surface area contributed by atoms with Crippen LogP contribution in [0.5, 0.6) is 0 Å². The Morgan fingerprint density at radius 2 is 2.04 bits per heavy atom. The molecule has 0 radical (unpaired) electrons. The topological polar surface area (TPSA) is 137 Å². The van der Waals surface area contributed by atoms with Crippen molar-refractivity contribution in [2.75, 3.05) is 11.1 Å². The minimum absolute atomic E-state index is 0.0731. The van der Waals surface area contributed by atoms with Gasteiger partial charge in [-0.15, -0.1) is 11.8 Å². The van der Waals surface area contributed by atoms with Gasteiger partial charge in [-0.2, -0.15) is 0 Å². The first-order valence-corrected chi connectivity index (χ1v) is 8.95. The standard InChI is InChI=1S/C16H20N4O5S/c1-9(21)10-3-2-4-11(7-10)17-13(22)8-26-16-18-15(25)12(19-20-16)5-6-14(23)24/h2-4,7,12,16,19-20H,5-6,8H2,1H3,(H,17,22)(H,18,25)(H,23,24). The zero-order valence-corrected chi connectivity index (χ0v) is 14.9. The van der Waals surface area contributed by atoms with E-state index in [2.05, 4.69) is 21.5 Å². The third-order valence-corrected chi connectivity index (χ3v) is 4.56. The first-order valence-electron chi connectivity index (χ1n) is 7.91. The number of carbonyl (C=O) groups is 4. The van der Waals surface area contributed by atoms with Crippen LogP contribution in [0.1, 0.15) is 30.1 Å². The Kier molecular flexibility index (Phi) is 7.13. The van der Waals surface area contributed by atoms with Crippen molar-refractivity contribution >= 4 is 41.0 Å². The van der Waals surface area contributed by atoms with Gasteiger partial charge in [0.05, 0.1) is 5.75 Å². The van der Waals surface area contributed by atoms with Crippen LogP contribution in [0.2, 0.25) is 0 Å². The van der Waals surface area contributed by atoms with Crippen LogP contribution in [0.25, 0.3) is 0 Å². The second kappa shape index (κ2) is 9.32. The molecule has 0 aromatic heterocycles. The molecule has 2 rings (SSSR count). The van der Waals surface area contributed by atoms with Crippen LogP contribution in [-0.4, -0.2) is 46.0 Å². The highest BCUT2D eigenvalue weighted by Gasteiger charge is 2.27. The quantitative estimate of drug-likeness (QED) is 0.406. The van der Waals surface area contributed by atoms with E-state index in [1.54, 1.807) is 24.3 Å². The van der Waals surface area contributed by atoms with Gasteiger partial charge in [0.25, 0.3) is 0 Å². The summed E-state index contributed by atoms with van der Waals surface area (Å²) in [5.74, 6) is -1.59. The number of carbonyl (C=O) groups excluding carboxylic acids is 3. The van der Waals surface area contributed by atoms with E-state index in [9.17, 15) is 19.2 Å². The van der Waals surface area contributed by atoms with E-state index in [1.165, 1.54) is 6.92 Å². The van der Waals surface area contributed by atoms with Gasteiger partial charge in [-0.1, -0.05) is 12.1 Å². The van der Waals surface area contributed by atoms with Crippen molar-refractivity contribution in [3.63, 3.8) is 0 Å². The molecular weight excluding hydrogens is 360 g/mol. The van der Waals surface area contributed by atoms with Gasteiger partial charge in [-0.25, -0.2) is 10.9 Å². The highest BCUT2D eigenvalue weighted by molar-refractivity contribution is 8.00.